The van der Waals surface area contributed by atoms with E-state index in [1.807, 2.05) is 0 Å². The first-order valence-electron chi connectivity index (χ1n) is 3.79. The Kier molecular flexibility index (Phi) is 2.47. The van der Waals surface area contributed by atoms with Gasteiger partial charge in [-0.2, -0.15) is 0 Å². The first-order chi connectivity index (χ1) is 6.86. The first-order valence-corrected chi connectivity index (χ1v) is 3.79. The third kappa shape index (κ3) is 1.66. The van der Waals surface area contributed by atoms with Crippen LogP contribution in [0.1, 0.15) is 15.9 Å². The second-order valence-electron chi connectivity index (χ2n) is 2.83. The van der Waals surface area contributed by atoms with E-state index in [1.54, 1.807) is 0 Å². The molecular weight excluding hydrogens is 206 g/mol. The molecule has 0 saturated heterocycles. The number of nitro groups is 1. The van der Waals surface area contributed by atoms with Crippen molar-refractivity contribution in [1.29, 1.82) is 0 Å². The summed E-state index contributed by atoms with van der Waals surface area (Å²) in [7, 11) is 0. The van der Waals surface area contributed by atoms with Crippen molar-refractivity contribution in [1.82, 2.24) is 0 Å². The number of carbonyl (C=O) groups is 1. The third-order valence-corrected chi connectivity index (χ3v) is 1.92. The lowest BCUT2D eigenvalue weighted by Gasteiger charge is -2.05. The number of aromatic hydroxyl groups is 2. The second kappa shape index (κ2) is 3.45. The average Bonchev–Trinajstić information content (AvgIpc) is 2.13. The van der Waals surface area contributed by atoms with Crippen LogP contribution < -0.4 is 0 Å². The zero-order chi connectivity index (χ0) is 11.7. The molecule has 7 nitrogen and oxygen atoms in total. The fourth-order valence-electron chi connectivity index (χ4n) is 1.08. The summed E-state index contributed by atoms with van der Waals surface area (Å²) in [6.07, 6.45) is 0. The van der Waals surface area contributed by atoms with E-state index in [2.05, 4.69) is 0 Å². The predicted molar refractivity (Wildman–Crippen MR) is 48.1 cm³/mol. The molecule has 0 aliphatic rings. The fourth-order valence-corrected chi connectivity index (χ4v) is 1.08. The molecule has 0 bridgehead atoms. The lowest BCUT2D eigenvalue weighted by molar-refractivity contribution is -0.386. The highest BCUT2D eigenvalue weighted by molar-refractivity contribution is 5.93. The van der Waals surface area contributed by atoms with Crippen LogP contribution in [0, 0.1) is 17.0 Å². The van der Waals surface area contributed by atoms with E-state index in [4.69, 9.17) is 5.11 Å². The normalized spacial score (nSPS) is 9.93. The molecule has 0 heterocycles. The van der Waals surface area contributed by atoms with Crippen molar-refractivity contribution in [3.8, 4) is 11.5 Å². The van der Waals surface area contributed by atoms with Crippen molar-refractivity contribution in [2.75, 3.05) is 0 Å². The van der Waals surface area contributed by atoms with Crippen molar-refractivity contribution >= 4 is 11.7 Å². The summed E-state index contributed by atoms with van der Waals surface area (Å²) in [5, 5.41) is 37.6. The van der Waals surface area contributed by atoms with Gasteiger partial charge in [0, 0.05) is 11.6 Å². The zero-order valence-corrected chi connectivity index (χ0v) is 7.59. The van der Waals surface area contributed by atoms with Crippen LogP contribution in [-0.2, 0) is 0 Å². The Balaban J connectivity index is 3.59. The molecule has 1 aromatic rings. The molecule has 15 heavy (non-hydrogen) atoms. The number of phenolic OH excluding ortho intramolecular Hbond substituents is 1. The number of rotatable bonds is 2. The Bertz CT molecular complexity index is 415. The van der Waals surface area contributed by atoms with Crippen molar-refractivity contribution < 1.29 is 25.0 Å². The molecule has 0 saturated carbocycles. The van der Waals surface area contributed by atoms with Gasteiger partial charge in [0.1, 0.15) is 11.3 Å². The van der Waals surface area contributed by atoms with Crippen LogP contribution >= 0.6 is 0 Å². The molecule has 7 heteroatoms. The SMILES string of the molecule is Cc1c(O)c(C(=O)O)cc([N+](=O)[O-])c1O. The van der Waals surface area contributed by atoms with Crippen molar-refractivity contribution in [3.05, 3.63) is 27.3 Å². The van der Waals surface area contributed by atoms with E-state index in [9.17, 15) is 25.1 Å². The van der Waals surface area contributed by atoms with Gasteiger partial charge in [0.05, 0.1) is 4.92 Å². The molecule has 0 amide bonds. The van der Waals surface area contributed by atoms with E-state index in [1.165, 1.54) is 6.92 Å². The minimum Gasteiger partial charge on any atom is -0.507 e. The molecule has 1 aromatic carbocycles. The van der Waals surface area contributed by atoms with Gasteiger partial charge < -0.3 is 15.3 Å². The maximum Gasteiger partial charge on any atom is 0.339 e. The van der Waals surface area contributed by atoms with Gasteiger partial charge in [0.2, 0.25) is 5.75 Å². The lowest BCUT2D eigenvalue weighted by atomic mass is 10.1. The molecule has 3 N–H and O–H groups in total. The third-order valence-electron chi connectivity index (χ3n) is 1.92. The molecule has 0 aromatic heterocycles. The van der Waals surface area contributed by atoms with E-state index in [0.717, 1.165) is 0 Å². The molecule has 80 valence electrons. The Morgan fingerprint density at radius 1 is 1.40 bits per heavy atom. The van der Waals surface area contributed by atoms with E-state index >= 15 is 0 Å². The van der Waals surface area contributed by atoms with Crippen molar-refractivity contribution in [3.63, 3.8) is 0 Å². The summed E-state index contributed by atoms with van der Waals surface area (Å²) in [4.78, 5) is 20.1. The summed E-state index contributed by atoms with van der Waals surface area (Å²) < 4.78 is 0. The van der Waals surface area contributed by atoms with Crippen LogP contribution in [0.15, 0.2) is 6.07 Å². The van der Waals surface area contributed by atoms with Crippen LogP contribution in [-0.4, -0.2) is 26.2 Å². The molecule has 1 rings (SSSR count). The summed E-state index contributed by atoms with van der Waals surface area (Å²) in [6, 6.07) is 0.611. The molecule has 0 radical (unpaired) electrons. The number of hydrogen-bond donors (Lipinski definition) is 3. The first kappa shape index (κ1) is 10.8. The van der Waals surface area contributed by atoms with Gasteiger partial charge in [-0.1, -0.05) is 0 Å². The Labute approximate surface area is 83.4 Å². The maximum atomic E-state index is 10.6. The van der Waals surface area contributed by atoms with Crippen molar-refractivity contribution in [2.24, 2.45) is 0 Å². The summed E-state index contributed by atoms with van der Waals surface area (Å²) in [5.74, 6) is -2.91. The van der Waals surface area contributed by atoms with Crippen molar-refractivity contribution in [2.45, 2.75) is 6.92 Å². The smallest absolute Gasteiger partial charge is 0.339 e. The van der Waals surface area contributed by atoms with Gasteiger partial charge in [0.15, 0.2) is 0 Å². The van der Waals surface area contributed by atoms with Gasteiger partial charge in [-0.15, -0.1) is 0 Å². The van der Waals surface area contributed by atoms with Crippen LogP contribution in [0.2, 0.25) is 0 Å². The number of benzene rings is 1. The molecule has 0 atom stereocenters. The highest BCUT2D eigenvalue weighted by atomic mass is 16.6. The second-order valence-corrected chi connectivity index (χ2v) is 2.83. The summed E-state index contributed by atoms with van der Waals surface area (Å²) in [5.41, 5.74) is -1.60. The average molecular weight is 213 g/mol. The Morgan fingerprint density at radius 2 is 1.93 bits per heavy atom. The highest BCUT2D eigenvalue weighted by Gasteiger charge is 2.24. The van der Waals surface area contributed by atoms with Crippen LogP contribution in [0.25, 0.3) is 0 Å². The standard InChI is InChI=1S/C8H7NO6/c1-3-6(10)4(8(12)13)2-5(7(3)11)9(14)15/h2,10-11H,1H3,(H,12,13). The number of carboxylic acid groups (broad SMARTS) is 1. The lowest BCUT2D eigenvalue weighted by Crippen LogP contribution is -2.01. The minimum atomic E-state index is -1.50. The van der Waals surface area contributed by atoms with Crippen LogP contribution in [0.4, 0.5) is 5.69 Å². The fraction of sp³-hybridized carbons (Fsp3) is 0.125. The van der Waals surface area contributed by atoms with Gasteiger partial charge in [-0.3, -0.25) is 10.1 Å². The van der Waals surface area contributed by atoms with E-state index < -0.39 is 33.6 Å². The van der Waals surface area contributed by atoms with E-state index in [0.29, 0.717) is 6.07 Å². The summed E-state index contributed by atoms with van der Waals surface area (Å²) >= 11 is 0. The topological polar surface area (TPSA) is 121 Å². The molecule has 0 spiro atoms. The highest BCUT2D eigenvalue weighted by Crippen LogP contribution is 2.37. The number of phenols is 2. The largest absolute Gasteiger partial charge is 0.507 e. The van der Waals surface area contributed by atoms with Crippen LogP contribution in [0.5, 0.6) is 11.5 Å². The van der Waals surface area contributed by atoms with Crippen LogP contribution in [0.3, 0.4) is 0 Å². The number of carboxylic acids is 1. The number of nitro benzene ring substituents is 1. The number of hydrogen-bond acceptors (Lipinski definition) is 5. The van der Waals surface area contributed by atoms with Gasteiger partial charge in [-0.25, -0.2) is 4.79 Å². The predicted octanol–water partition coefficient (Wildman–Crippen LogP) is 1.01. The van der Waals surface area contributed by atoms with Gasteiger partial charge in [0.25, 0.3) is 0 Å². The van der Waals surface area contributed by atoms with E-state index in [-0.39, 0.29) is 5.56 Å². The zero-order valence-electron chi connectivity index (χ0n) is 7.59. The Hall–Kier alpha value is -2.31. The molecule has 0 unspecified atom stereocenters. The minimum absolute atomic E-state index is 0.235. The summed E-state index contributed by atoms with van der Waals surface area (Å²) in [6.45, 7) is 1.18. The van der Waals surface area contributed by atoms with Gasteiger partial charge >= 0.3 is 11.7 Å². The number of aromatic carboxylic acids is 1. The molecule has 0 aliphatic carbocycles. The quantitative estimate of drug-likeness (QED) is 0.498. The van der Waals surface area contributed by atoms with Gasteiger partial charge in [-0.05, 0) is 6.92 Å². The monoisotopic (exact) mass is 213 g/mol. The Morgan fingerprint density at radius 3 is 2.33 bits per heavy atom. The number of nitrogens with zero attached hydrogens (tertiary/aromatic N) is 1. The maximum absolute atomic E-state index is 10.6. The molecule has 0 fully saturated rings. The molecular formula is C8H7NO6. The molecule has 0 aliphatic heterocycles.